The Bertz CT molecular complexity index is 393. The first kappa shape index (κ1) is 10.1. The van der Waals surface area contributed by atoms with Crippen molar-refractivity contribution in [2.45, 2.75) is 20.8 Å². The molecular weight excluding hydrogens is 184 g/mol. The summed E-state index contributed by atoms with van der Waals surface area (Å²) in [5.41, 5.74) is 1.94. The third-order valence-electron chi connectivity index (χ3n) is 1.54. The molecule has 2 heterocycles. The average molecular weight is 197 g/mol. The van der Waals surface area contributed by atoms with Crippen LogP contribution in [0.15, 0.2) is 24.5 Å². The van der Waals surface area contributed by atoms with Gasteiger partial charge in [0.2, 0.25) is 0 Å². The van der Waals surface area contributed by atoms with Crippen molar-refractivity contribution in [3.8, 4) is 0 Å². The lowest BCUT2D eigenvalue weighted by Crippen LogP contribution is -1.79. The van der Waals surface area contributed by atoms with Crippen molar-refractivity contribution in [2.75, 3.05) is 0 Å². The maximum atomic E-state index is 5.78. The zero-order valence-corrected chi connectivity index (χ0v) is 8.84. The van der Waals surface area contributed by atoms with Gasteiger partial charge in [0.15, 0.2) is 0 Å². The maximum absolute atomic E-state index is 5.78. The molecule has 0 unspecified atom stereocenters. The van der Waals surface area contributed by atoms with E-state index in [1.807, 2.05) is 49.7 Å². The Morgan fingerprint density at radius 3 is 2.62 bits per heavy atom. The number of hydrogen-bond donors (Lipinski definition) is 0. The Morgan fingerprint density at radius 2 is 1.92 bits per heavy atom. The number of halogens is 1. The lowest BCUT2D eigenvalue weighted by molar-refractivity contribution is 1.18. The second kappa shape index (κ2) is 4.28. The lowest BCUT2D eigenvalue weighted by atomic mass is 10.5. The fraction of sp³-hybridized carbons (Fsp3) is 0.300. The molecule has 2 nitrogen and oxygen atoms in total. The zero-order chi connectivity index (χ0) is 9.84. The van der Waals surface area contributed by atoms with E-state index in [0.29, 0.717) is 0 Å². The summed E-state index contributed by atoms with van der Waals surface area (Å²) < 4.78 is 1.91. The number of aromatic nitrogens is 2. The highest BCUT2D eigenvalue weighted by Gasteiger charge is 1.95. The molecule has 0 N–H and O–H groups in total. The number of imidazole rings is 1. The first-order valence-corrected chi connectivity index (χ1v) is 4.74. The van der Waals surface area contributed by atoms with Crippen LogP contribution < -0.4 is 0 Å². The van der Waals surface area contributed by atoms with Crippen LogP contribution in [0.5, 0.6) is 0 Å². The van der Waals surface area contributed by atoms with Crippen molar-refractivity contribution in [3.05, 3.63) is 35.2 Å². The van der Waals surface area contributed by atoms with Crippen LogP contribution in [0.3, 0.4) is 0 Å². The van der Waals surface area contributed by atoms with Crippen molar-refractivity contribution in [2.24, 2.45) is 0 Å². The minimum atomic E-state index is 0.731. The van der Waals surface area contributed by atoms with Crippen molar-refractivity contribution in [1.82, 2.24) is 9.38 Å². The van der Waals surface area contributed by atoms with E-state index >= 15 is 0 Å². The van der Waals surface area contributed by atoms with E-state index in [9.17, 15) is 0 Å². The number of aryl methyl sites for hydroxylation is 1. The van der Waals surface area contributed by atoms with Crippen LogP contribution in [0.1, 0.15) is 19.5 Å². The van der Waals surface area contributed by atoms with Gasteiger partial charge < -0.3 is 4.40 Å². The highest BCUT2D eigenvalue weighted by atomic mass is 35.5. The van der Waals surface area contributed by atoms with E-state index in [-0.39, 0.29) is 0 Å². The minimum absolute atomic E-state index is 0.731. The molecule has 0 fully saturated rings. The molecule has 0 atom stereocenters. The second-order valence-electron chi connectivity index (χ2n) is 2.50. The highest BCUT2D eigenvalue weighted by molar-refractivity contribution is 6.30. The predicted molar refractivity (Wildman–Crippen MR) is 56.3 cm³/mol. The average Bonchev–Trinajstić information content (AvgIpc) is 2.48. The SMILES string of the molecule is CC.Cc1cn2cc(Cl)ccc2n1. The number of hydrogen-bond acceptors (Lipinski definition) is 1. The van der Waals surface area contributed by atoms with Crippen LogP contribution >= 0.6 is 11.6 Å². The Kier molecular flexibility index (Phi) is 3.32. The summed E-state index contributed by atoms with van der Waals surface area (Å²) in [5, 5.41) is 0.731. The molecule has 0 aliphatic carbocycles. The van der Waals surface area contributed by atoms with Crippen molar-refractivity contribution >= 4 is 17.2 Å². The van der Waals surface area contributed by atoms with Gasteiger partial charge in [-0.2, -0.15) is 0 Å². The molecule has 0 radical (unpaired) electrons. The van der Waals surface area contributed by atoms with Crippen LogP contribution in [0, 0.1) is 6.92 Å². The predicted octanol–water partition coefficient (Wildman–Crippen LogP) is 3.32. The molecule has 70 valence electrons. The molecule has 3 heteroatoms. The van der Waals surface area contributed by atoms with Crippen molar-refractivity contribution in [1.29, 1.82) is 0 Å². The number of fused-ring (bicyclic) bond motifs is 1. The zero-order valence-electron chi connectivity index (χ0n) is 8.08. The van der Waals surface area contributed by atoms with Gasteiger partial charge in [-0.3, -0.25) is 0 Å². The van der Waals surface area contributed by atoms with E-state index in [4.69, 9.17) is 11.6 Å². The molecule has 2 rings (SSSR count). The van der Waals surface area contributed by atoms with Crippen LogP contribution in [0.2, 0.25) is 5.02 Å². The highest BCUT2D eigenvalue weighted by Crippen LogP contribution is 2.10. The number of nitrogens with zero attached hydrogens (tertiary/aromatic N) is 2. The van der Waals surface area contributed by atoms with Gasteiger partial charge in [-0.05, 0) is 19.1 Å². The molecule has 0 aromatic carbocycles. The van der Waals surface area contributed by atoms with Crippen LogP contribution in [-0.4, -0.2) is 9.38 Å². The molecule has 2 aromatic heterocycles. The minimum Gasteiger partial charge on any atom is -0.305 e. The first-order chi connectivity index (χ1) is 6.25. The van der Waals surface area contributed by atoms with Gasteiger partial charge in [-0.25, -0.2) is 4.98 Å². The second-order valence-corrected chi connectivity index (χ2v) is 2.93. The van der Waals surface area contributed by atoms with Crippen molar-refractivity contribution in [3.63, 3.8) is 0 Å². The molecule has 0 saturated carbocycles. The fourth-order valence-corrected chi connectivity index (χ4v) is 1.26. The summed E-state index contributed by atoms with van der Waals surface area (Å²) >= 11 is 5.78. The van der Waals surface area contributed by atoms with E-state index in [0.717, 1.165) is 16.4 Å². The fourth-order valence-electron chi connectivity index (χ4n) is 1.09. The summed E-state index contributed by atoms with van der Waals surface area (Å²) in [5.74, 6) is 0. The summed E-state index contributed by atoms with van der Waals surface area (Å²) in [7, 11) is 0. The number of rotatable bonds is 0. The van der Waals surface area contributed by atoms with Gasteiger partial charge >= 0.3 is 0 Å². The monoisotopic (exact) mass is 196 g/mol. The smallest absolute Gasteiger partial charge is 0.137 e. The lowest BCUT2D eigenvalue weighted by Gasteiger charge is -1.91. The molecule has 2 aromatic rings. The molecule has 0 aliphatic heterocycles. The molecular formula is C10H13ClN2. The van der Waals surface area contributed by atoms with Gasteiger partial charge in [0.05, 0.1) is 10.7 Å². The first-order valence-electron chi connectivity index (χ1n) is 4.36. The van der Waals surface area contributed by atoms with Gasteiger partial charge in [-0.1, -0.05) is 25.4 Å². The Hall–Kier alpha value is -1.02. The molecule has 0 aliphatic rings. The molecule has 13 heavy (non-hydrogen) atoms. The quantitative estimate of drug-likeness (QED) is 0.632. The largest absolute Gasteiger partial charge is 0.305 e. The van der Waals surface area contributed by atoms with Gasteiger partial charge in [0.25, 0.3) is 0 Å². The summed E-state index contributed by atoms with van der Waals surface area (Å²) in [4.78, 5) is 4.26. The Balaban J connectivity index is 0.000000396. The third-order valence-corrected chi connectivity index (χ3v) is 1.76. The van der Waals surface area contributed by atoms with E-state index in [1.165, 1.54) is 0 Å². The van der Waals surface area contributed by atoms with Crippen molar-refractivity contribution < 1.29 is 0 Å². The third kappa shape index (κ3) is 2.22. The topological polar surface area (TPSA) is 17.3 Å². The van der Waals surface area contributed by atoms with Crippen LogP contribution in [-0.2, 0) is 0 Å². The summed E-state index contributed by atoms with van der Waals surface area (Å²) in [6, 6.07) is 3.73. The van der Waals surface area contributed by atoms with E-state index in [1.54, 1.807) is 0 Å². The van der Waals surface area contributed by atoms with Gasteiger partial charge in [0.1, 0.15) is 5.65 Å². The van der Waals surface area contributed by atoms with Gasteiger partial charge in [-0.15, -0.1) is 0 Å². The summed E-state index contributed by atoms with van der Waals surface area (Å²) in [6.07, 6.45) is 3.79. The molecule has 0 amide bonds. The standard InChI is InChI=1S/C8H7ClN2.C2H6/c1-6-4-11-5-7(9)2-3-8(11)10-6;1-2/h2-5H,1H3;1-2H3. The van der Waals surface area contributed by atoms with Gasteiger partial charge in [0, 0.05) is 12.4 Å². The molecule has 0 saturated heterocycles. The normalized spacial score (nSPS) is 9.54. The molecule has 0 spiro atoms. The summed E-state index contributed by atoms with van der Waals surface area (Å²) in [6.45, 7) is 5.96. The maximum Gasteiger partial charge on any atom is 0.137 e. The molecule has 0 bridgehead atoms. The van der Waals surface area contributed by atoms with E-state index < -0.39 is 0 Å². The number of pyridine rings is 1. The van der Waals surface area contributed by atoms with Crippen LogP contribution in [0.25, 0.3) is 5.65 Å². The van der Waals surface area contributed by atoms with E-state index in [2.05, 4.69) is 4.98 Å². The van der Waals surface area contributed by atoms with Crippen LogP contribution in [0.4, 0.5) is 0 Å². The Labute approximate surface area is 83.2 Å². The Morgan fingerprint density at radius 1 is 1.23 bits per heavy atom.